The number of carboxylic acids is 1. The van der Waals surface area contributed by atoms with Crippen molar-refractivity contribution in [2.75, 3.05) is 0 Å². The van der Waals surface area contributed by atoms with Crippen molar-refractivity contribution in [1.82, 2.24) is 14.9 Å². The van der Waals surface area contributed by atoms with Crippen LogP contribution in [0.15, 0.2) is 18.7 Å². The SMILES string of the molecule is CC[C@H](C)[C@H](NC(=O)CCn1ccnc1)C(=O)O. The van der Waals surface area contributed by atoms with Crippen LogP contribution in [-0.2, 0) is 16.1 Å². The van der Waals surface area contributed by atoms with Crippen molar-refractivity contribution in [2.45, 2.75) is 39.3 Å². The number of hydrogen-bond donors (Lipinski definition) is 2. The molecule has 6 heteroatoms. The van der Waals surface area contributed by atoms with Crippen molar-refractivity contribution in [2.24, 2.45) is 5.92 Å². The topological polar surface area (TPSA) is 84.2 Å². The van der Waals surface area contributed by atoms with E-state index in [9.17, 15) is 9.59 Å². The van der Waals surface area contributed by atoms with Gasteiger partial charge in [0.15, 0.2) is 0 Å². The van der Waals surface area contributed by atoms with Gasteiger partial charge in [-0.05, 0) is 5.92 Å². The van der Waals surface area contributed by atoms with Crippen molar-refractivity contribution in [3.8, 4) is 0 Å². The molecule has 0 radical (unpaired) electrons. The Morgan fingerprint density at radius 3 is 2.72 bits per heavy atom. The standard InChI is InChI=1S/C12H19N3O3/c1-3-9(2)11(12(17)18)14-10(16)4-6-15-7-5-13-8-15/h5,7-9,11H,3-4,6H2,1-2H3,(H,14,16)(H,17,18)/t9-,11-/m0/s1. The average molecular weight is 253 g/mol. The molecule has 0 bridgehead atoms. The van der Waals surface area contributed by atoms with Gasteiger partial charge < -0.3 is 15.0 Å². The number of nitrogens with one attached hydrogen (secondary N) is 1. The molecular formula is C12H19N3O3. The van der Waals surface area contributed by atoms with Gasteiger partial charge in [-0.25, -0.2) is 9.78 Å². The van der Waals surface area contributed by atoms with Gasteiger partial charge in [0.2, 0.25) is 5.91 Å². The maximum atomic E-state index is 11.7. The highest BCUT2D eigenvalue weighted by Crippen LogP contribution is 2.08. The Morgan fingerprint density at radius 1 is 1.50 bits per heavy atom. The zero-order valence-corrected chi connectivity index (χ0v) is 10.7. The molecule has 100 valence electrons. The monoisotopic (exact) mass is 253 g/mol. The van der Waals surface area contributed by atoms with Crippen molar-refractivity contribution >= 4 is 11.9 Å². The highest BCUT2D eigenvalue weighted by atomic mass is 16.4. The van der Waals surface area contributed by atoms with Gasteiger partial charge in [0.05, 0.1) is 6.33 Å². The van der Waals surface area contributed by atoms with E-state index in [2.05, 4.69) is 10.3 Å². The van der Waals surface area contributed by atoms with Crippen LogP contribution in [0.3, 0.4) is 0 Å². The van der Waals surface area contributed by atoms with Crippen LogP contribution < -0.4 is 5.32 Å². The van der Waals surface area contributed by atoms with Gasteiger partial charge in [0.1, 0.15) is 6.04 Å². The number of rotatable bonds is 7. The number of carbonyl (C=O) groups is 2. The molecule has 0 aliphatic rings. The van der Waals surface area contributed by atoms with Gasteiger partial charge in [-0.15, -0.1) is 0 Å². The minimum atomic E-state index is -0.986. The molecule has 0 spiro atoms. The second-order valence-corrected chi connectivity index (χ2v) is 4.32. The molecule has 2 N–H and O–H groups in total. The molecule has 1 rings (SSSR count). The molecule has 0 unspecified atom stereocenters. The molecule has 1 aromatic rings. The Morgan fingerprint density at radius 2 is 2.22 bits per heavy atom. The molecule has 6 nitrogen and oxygen atoms in total. The maximum absolute atomic E-state index is 11.7. The number of carboxylic acid groups (broad SMARTS) is 1. The van der Waals surface area contributed by atoms with E-state index in [1.807, 2.05) is 13.8 Å². The van der Waals surface area contributed by atoms with Gasteiger partial charge in [-0.1, -0.05) is 20.3 Å². The van der Waals surface area contributed by atoms with Crippen LogP contribution in [0.2, 0.25) is 0 Å². The summed E-state index contributed by atoms with van der Waals surface area (Å²) in [7, 11) is 0. The largest absolute Gasteiger partial charge is 0.480 e. The van der Waals surface area contributed by atoms with Gasteiger partial charge in [-0.2, -0.15) is 0 Å². The van der Waals surface area contributed by atoms with Gasteiger partial charge >= 0.3 is 5.97 Å². The first-order valence-corrected chi connectivity index (χ1v) is 6.02. The number of hydrogen-bond acceptors (Lipinski definition) is 3. The molecule has 0 saturated carbocycles. The lowest BCUT2D eigenvalue weighted by Crippen LogP contribution is -2.45. The fourth-order valence-corrected chi connectivity index (χ4v) is 1.58. The summed E-state index contributed by atoms with van der Waals surface area (Å²) < 4.78 is 1.78. The van der Waals surface area contributed by atoms with Crippen LogP contribution in [0, 0.1) is 5.92 Å². The maximum Gasteiger partial charge on any atom is 0.326 e. The number of carbonyl (C=O) groups excluding carboxylic acids is 1. The summed E-state index contributed by atoms with van der Waals surface area (Å²) in [4.78, 5) is 26.6. The first-order valence-electron chi connectivity index (χ1n) is 6.02. The van der Waals surface area contributed by atoms with Crippen LogP contribution in [0.4, 0.5) is 0 Å². The van der Waals surface area contributed by atoms with E-state index >= 15 is 0 Å². The predicted octanol–water partition coefficient (Wildman–Crippen LogP) is 0.889. The lowest BCUT2D eigenvalue weighted by Gasteiger charge is -2.20. The second-order valence-electron chi connectivity index (χ2n) is 4.32. The Labute approximate surface area is 106 Å². The normalized spacial score (nSPS) is 13.9. The van der Waals surface area contributed by atoms with E-state index < -0.39 is 12.0 Å². The molecule has 1 amide bonds. The van der Waals surface area contributed by atoms with Gasteiger partial charge in [0.25, 0.3) is 0 Å². The summed E-state index contributed by atoms with van der Waals surface area (Å²) in [6.07, 6.45) is 5.97. The summed E-state index contributed by atoms with van der Waals surface area (Å²) in [6, 6.07) is -0.815. The highest BCUT2D eigenvalue weighted by molar-refractivity contribution is 5.83. The third kappa shape index (κ3) is 4.20. The smallest absolute Gasteiger partial charge is 0.326 e. The Hall–Kier alpha value is -1.85. The number of aromatic nitrogens is 2. The van der Waals surface area contributed by atoms with E-state index in [0.29, 0.717) is 13.0 Å². The zero-order chi connectivity index (χ0) is 13.5. The molecule has 0 aromatic carbocycles. The van der Waals surface area contributed by atoms with E-state index in [1.54, 1.807) is 23.3 Å². The summed E-state index contributed by atoms with van der Waals surface area (Å²) in [5, 5.41) is 11.6. The van der Waals surface area contributed by atoms with E-state index in [1.165, 1.54) is 0 Å². The van der Waals surface area contributed by atoms with Gasteiger partial charge in [-0.3, -0.25) is 4.79 Å². The highest BCUT2D eigenvalue weighted by Gasteiger charge is 2.24. The lowest BCUT2D eigenvalue weighted by atomic mass is 9.99. The van der Waals surface area contributed by atoms with E-state index in [4.69, 9.17) is 5.11 Å². The van der Waals surface area contributed by atoms with Crippen LogP contribution in [-0.4, -0.2) is 32.6 Å². The summed E-state index contributed by atoms with van der Waals surface area (Å²) >= 11 is 0. The minimum absolute atomic E-state index is 0.0836. The summed E-state index contributed by atoms with van der Waals surface area (Å²) in [5.41, 5.74) is 0. The van der Waals surface area contributed by atoms with E-state index in [0.717, 1.165) is 0 Å². The Kier molecular flexibility index (Phi) is 5.35. The Balaban J connectivity index is 2.44. The third-order valence-electron chi connectivity index (χ3n) is 2.95. The number of nitrogens with zero attached hydrogens (tertiary/aromatic N) is 2. The van der Waals surface area contributed by atoms with Crippen LogP contribution in [0.1, 0.15) is 26.7 Å². The summed E-state index contributed by atoms with van der Waals surface area (Å²) in [6.45, 7) is 4.21. The van der Waals surface area contributed by atoms with Gasteiger partial charge in [0, 0.05) is 25.4 Å². The molecule has 0 saturated heterocycles. The average Bonchev–Trinajstić information content (AvgIpc) is 2.85. The lowest BCUT2D eigenvalue weighted by molar-refractivity contribution is -0.143. The fourth-order valence-electron chi connectivity index (χ4n) is 1.58. The van der Waals surface area contributed by atoms with Crippen molar-refractivity contribution in [3.63, 3.8) is 0 Å². The summed E-state index contributed by atoms with van der Waals surface area (Å²) in [5.74, 6) is -1.32. The van der Waals surface area contributed by atoms with Crippen LogP contribution >= 0.6 is 0 Å². The van der Waals surface area contributed by atoms with Crippen LogP contribution in [0.25, 0.3) is 0 Å². The zero-order valence-electron chi connectivity index (χ0n) is 10.7. The number of aryl methyl sites for hydroxylation is 1. The van der Waals surface area contributed by atoms with Crippen molar-refractivity contribution in [3.05, 3.63) is 18.7 Å². The second kappa shape index (κ2) is 6.78. The first kappa shape index (κ1) is 14.2. The number of aliphatic carboxylic acids is 1. The molecule has 0 aliphatic heterocycles. The number of imidazole rings is 1. The third-order valence-corrected chi connectivity index (χ3v) is 2.95. The molecule has 2 atom stereocenters. The van der Waals surface area contributed by atoms with E-state index in [-0.39, 0.29) is 18.2 Å². The molecule has 0 aliphatic carbocycles. The first-order chi connectivity index (χ1) is 8.54. The minimum Gasteiger partial charge on any atom is -0.480 e. The quantitative estimate of drug-likeness (QED) is 0.755. The van der Waals surface area contributed by atoms with Crippen molar-refractivity contribution in [1.29, 1.82) is 0 Å². The fraction of sp³-hybridized carbons (Fsp3) is 0.583. The molecule has 1 aromatic heterocycles. The molecule has 1 heterocycles. The number of amides is 1. The molecular weight excluding hydrogens is 234 g/mol. The molecule has 0 fully saturated rings. The molecule has 18 heavy (non-hydrogen) atoms. The Bertz CT molecular complexity index is 389. The van der Waals surface area contributed by atoms with Crippen molar-refractivity contribution < 1.29 is 14.7 Å². The predicted molar refractivity (Wildman–Crippen MR) is 65.9 cm³/mol. The van der Waals surface area contributed by atoms with Crippen LogP contribution in [0.5, 0.6) is 0 Å².